The fraction of sp³-hybridized carbons (Fsp3) is 0.360. The number of carbonyl (C=O) groups excluding carboxylic acids is 2. The first-order valence-electron chi connectivity index (χ1n) is 10.9. The van der Waals surface area contributed by atoms with Crippen LogP contribution in [0.25, 0.3) is 5.76 Å². The topological polar surface area (TPSA) is 119 Å². The van der Waals surface area contributed by atoms with Crippen LogP contribution >= 0.6 is 0 Å². The molecule has 0 spiro atoms. The molecule has 1 fully saturated rings. The van der Waals surface area contributed by atoms with Crippen molar-refractivity contribution in [2.75, 3.05) is 26.9 Å². The highest BCUT2D eigenvalue weighted by Gasteiger charge is 2.46. The summed E-state index contributed by atoms with van der Waals surface area (Å²) >= 11 is 0. The van der Waals surface area contributed by atoms with Crippen molar-refractivity contribution in [1.29, 1.82) is 0 Å². The number of amides is 1. The number of ether oxygens (including phenoxy) is 2. The number of methoxy groups -OCH3 is 1. The van der Waals surface area contributed by atoms with Crippen LogP contribution in [-0.4, -0.2) is 53.5 Å². The number of hydrogen-bond acceptors (Lipinski definition) is 7. The van der Waals surface area contributed by atoms with Gasteiger partial charge in [-0.25, -0.2) is 0 Å². The molecular weight excluding hydrogens is 440 g/mol. The third kappa shape index (κ3) is 5.09. The average Bonchev–Trinajstić information content (AvgIpc) is 3.06. The number of ketones is 1. The quantitative estimate of drug-likeness (QED) is 0.194. The Labute approximate surface area is 197 Å². The van der Waals surface area contributed by atoms with Crippen LogP contribution in [0.4, 0.5) is 5.69 Å². The van der Waals surface area contributed by atoms with E-state index in [0.717, 1.165) is 0 Å². The Morgan fingerprint density at radius 1 is 1.21 bits per heavy atom. The molecule has 1 saturated heterocycles. The zero-order valence-corrected chi connectivity index (χ0v) is 19.6. The molecule has 0 saturated carbocycles. The summed E-state index contributed by atoms with van der Waals surface area (Å²) in [5.41, 5.74) is 1.07. The van der Waals surface area contributed by atoms with Gasteiger partial charge in [-0.2, -0.15) is 0 Å². The molecule has 0 radical (unpaired) electrons. The molecule has 1 atom stereocenters. The number of aryl methyl sites for hydroxylation is 1. The van der Waals surface area contributed by atoms with Gasteiger partial charge in [0.25, 0.3) is 17.4 Å². The smallest absolute Gasteiger partial charge is 0.295 e. The maximum Gasteiger partial charge on any atom is 0.295 e. The predicted octanol–water partition coefficient (Wildman–Crippen LogP) is 4.01. The lowest BCUT2D eigenvalue weighted by Gasteiger charge is -2.25. The van der Waals surface area contributed by atoms with E-state index in [1.807, 2.05) is 13.8 Å². The Morgan fingerprint density at radius 3 is 2.56 bits per heavy atom. The minimum Gasteiger partial charge on any atom is -0.507 e. The second kappa shape index (κ2) is 10.5. The summed E-state index contributed by atoms with van der Waals surface area (Å²) in [5.74, 6) is -1.04. The fourth-order valence-electron chi connectivity index (χ4n) is 3.85. The molecule has 0 unspecified atom stereocenters. The summed E-state index contributed by atoms with van der Waals surface area (Å²) in [5, 5.41) is 22.5. The highest BCUT2D eigenvalue weighted by Crippen LogP contribution is 2.40. The van der Waals surface area contributed by atoms with E-state index >= 15 is 0 Å². The lowest BCUT2D eigenvalue weighted by Crippen LogP contribution is -2.32. The number of nitrogens with zero attached hydrogens (tertiary/aromatic N) is 2. The molecular formula is C25H28N2O7. The van der Waals surface area contributed by atoms with Crippen LogP contribution in [0.15, 0.2) is 48.0 Å². The number of benzene rings is 2. The molecule has 34 heavy (non-hydrogen) atoms. The van der Waals surface area contributed by atoms with Crippen molar-refractivity contribution in [1.82, 2.24) is 4.90 Å². The second-order valence-electron chi connectivity index (χ2n) is 8.52. The normalized spacial score (nSPS) is 17.4. The number of rotatable bonds is 9. The lowest BCUT2D eigenvalue weighted by molar-refractivity contribution is -0.384. The van der Waals surface area contributed by atoms with E-state index in [2.05, 4.69) is 0 Å². The van der Waals surface area contributed by atoms with Crippen molar-refractivity contribution < 1.29 is 29.1 Å². The molecule has 0 aromatic heterocycles. The summed E-state index contributed by atoms with van der Waals surface area (Å²) in [6.45, 7) is 6.58. The molecule has 2 aromatic carbocycles. The predicted molar refractivity (Wildman–Crippen MR) is 125 cm³/mol. The first kappa shape index (κ1) is 24.9. The SMILES string of the molecule is COCCN1C(=O)C(=O)C(=C(O)c2ccc(OCC(C)C)cc2C)[C@@H]1c1cccc([N+](=O)[O-])c1. The van der Waals surface area contributed by atoms with Gasteiger partial charge in [-0.05, 0) is 42.2 Å². The van der Waals surface area contributed by atoms with E-state index in [4.69, 9.17) is 9.47 Å². The van der Waals surface area contributed by atoms with E-state index in [1.165, 1.54) is 30.2 Å². The molecule has 1 heterocycles. The van der Waals surface area contributed by atoms with E-state index in [9.17, 15) is 24.8 Å². The van der Waals surface area contributed by atoms with Gasteiger partial charge in [0.15, 0.2) is 0 Å². The van der Waals surface area contributed by atoms with Crippen LogP contribution in [0, 0.1) is 23.0 Å². The maximum atomic E-state index is 13.0. The van der Waals surface area contributed by atoms with Crippen molar-refractivity contribution in [2.24, 2.45) is 5.92 Å². The van der Waals surface area contributed by atoms with Crippen molar-refractivity contribution in [3.8, 4) is 5.75 Å². The minimum atomic E-state index is -0.994. The Morgan fingerprint density at radius 2 is 1.94 bits per heavy atom. The van der Waals surface area contributed by atoms with Gasteiger partial charge < -0.3 is 19.5 Å². The second-order valence-corrected chi connectivity index (χ2v) is 8.52. The number of hydrogen-bond donors (Lipinski definition) is 1. The van der Waals surface area contributed by atoms with Gasteiger partial charge >= 0.3 is 0 Å². The van der Waals surface area contributed by atoms with E-state index in [-0.39, 0.29) is 30.2 Å². The molecule has 3 rings (SSSR count). The lowest BCUT2D eigenvalue weighted by atomic mass is 9.93. The Hall–Kier alpha value is -3.72. The largest absolute Gasteiger partial charge is 0.507 e. The fourth-order valence-corrected chi connectivity index (χ4v) is 3.85. The van der Waals surface area contributed by atoms with Crippen molar-refractivity contribution in [3.05, 3.63) is 74.8 Å². The van der Waals surface area contributed by atoms with Gasteiger partial charge in [0.1, 0.15) is 11.5 Å². The molecule has 9 heteroatoms. The van der Waals surface area contributed by atoms with Crippen LogP contribution in [0.2, 0.25) is 0 Å². The number of non-ortho nitro benzene ring substituents is 1. The third-order valence-corrected chi connectivity index (χ3v) is 5.51. The number of carbonyl (C=O) groups is 2. The number of aliphatic hydroxyl groups excluding tert-OH is 1. The Bertz CT molecular complexity index is 1140. The summed E-state index contributed by atoms with van der Waals surface area (Å²) in [4.78, 5) is 38.0. The van der Waals surface area contributed by atoms with Crippen LogP contribution in [0.3, 0.4) is 0 Å². The van der Waals surface area contributed by atoms with Crippen LogP contribution < -0.4 is 4.74 Å². The molecule has 2 aromatic rings. The van der Waals surface area contributed by atoms with Gasteiger partial charge in [0.05, 0.1) is 29.8 Å². The highest BCUT2D eigenvalue weighted by atomic mass is 16.6. The van der Waals surface area contributed by atoms with E-state index in [0.29, 0.717) is 35.0 Å². The number of aliphatic hydroxyl groups is 1. The average molecular weight is 469 g/mol. The molecule has 9 nitrogen and oxygen atoms in total. The molecule has 180 valence electrons. The van der Waals surface area contributed by atoms with Gasteiger partial charge in [-0.1, -0.05) is 26.0 Å². The molecule has 1 aliphatic rings. The van der Waals surface area contributed by atoms with Crippen molar-refractivity contribution in [2.45, 2.75) is 26.8 Å². The molecule has 0 aliphatic carbocycles. The highest BCUT2D eigenvalue weighted by molar-refractivity contribution is 6.46. The van der Waals surface area contributed by atoms with Gasteiger partial charge in [0, 0.05) is 31.4 Å². The Balaban J connectivity index is 2.12. The molecule has 0 bridgehead atoms. The van der Waals surface area contributed by atoms with Gasteiger partial charge in [0.2, 0.25) is 0 Å². The first-order valence-corrected chi connectivity index (χ1v) is 10.9. The summed E-state index contributed by atoms with van der Waals surface area (Å²) in [6, 6.07) is 9.78. The maximum absolute atomic E-state index is 13.0. The van der Waals surface area contributed by atoms with Crippen LogP contribution in [-0.2, 0) is 14.3 Å². The molecule has 1 N–H and O–H groups in total. The van der Waals surface area contributed by atoms with Crippen LogP contribution in [0.1, 0.15) is 36.6 Å². The monoisotopic (exact) mass is 468 g/mol. The number of nitro groups is 1. The zero-order valence-electron chi connectivity index (χ0n) is 19.6. The summed E-state index contributed by atoms with van der Waals surface area (Å²) in [7, 11) is 1.46. The third-order valence-electron chi connectivity index (χ3n) is 5.51. The standard InChI is InChI=1S/C25H28N2O7/c1-15(2)14-34-19-8-9-20(16(3)12-19)23(28)21-22(17-6-5-7-18(13-17)27(31)32)26(10-11-33-4)25(30)24(21)29/h5-9,12-13,15,22,28H,10-11,14H2,1-4H3/t22-/m0/s1. The number of nitro benzene ring substituents is 1. The number of likely N-dealkylation sites (tertiary alicyclic amines) is 1. The number of Topliss-reactive ketones (excluding diaryl/α,β-unsaturated/α-hetero) is 1. The van der Waals surface area contributed by atoms with E-state index in [1.54, 1.807) is 31.2 Å². The summed E-state index contributed by atoms with van der Waals surface area (Å²) < 4.78 is 10.8. The van der Waals surface area contributed by atoms with Crippen molar-refractivity contribution in [3.63, 3.8) is 0 Å². The zero-order chi connectivity index (χ0) is 25.0. The minimum absolute atomic E-state index is 0.0756. The van der Waals surface area contributed by atoms with Crippen LogP contribution in [0.5, 0.6) is 5.75 Å². The Kier molecular flexibility index (Phi) is 7.68. The van der Waals surface area contributed by atoms with E-state index < -0.39 is 22.7 Å². The molecule has 1 amide bonds. The first-order chi connectivity index (χ1) is 16.1. The molecule has 1 aliphatic heterocycles. The van der Waals surface area contributed by atoms with Gasteiger partial charge in [-0.15, -0.1) is 0 Å². The summed E-state index contributed by atoms with van der Waals surface area (Å²) in [6.07, 6.45) is 0. The van der Waals surface area contributed by atoms with Gasteiger partial charge in [-0.3, -0.25) is 19.7 Å². The van der Waals surface area contributed by atoms with Crippen molar-refractivity contribution >= 4 is 23.1 Å².